The summed E-state index contributed by atoms with van der Waals surface area (Å²) < 4.78 is 2.71. The highest BCUT2D eigenvalue weighted by molar-refractivity contribution is 7.39. The molecule has 66 heavy (non-hydrogen) atoms. The highest BCUT2D eigenvalue weighted by Gasteiger charge is 2.46. The number of thiophene rings is 1. The Hall–Kier alpha value is -4.31. The van der Waals surface area contributed by atoms with Crippen LogP contribution >= 0.6 is 11.3 Å². The standard InChI is InChI=1S/C63H81NSSi/c1-57(2,3)43-31-44(58(4,5)6)35-49(34-43)66(50-36-45(59(7,8)9)32-46(37-50)60(10,11)12,51-38-47(61(13,14)15)33-48(39-51)62(16,17)18)54-30-41-26-27-64-55(56(41)65-54)42-28-40-24-22-23-25-52(40)53(29-42)63(19,20)21/h22-39H,1-21H3. The highest BCUT2D eigenvalue weighted by Crippen LogP contribution is 2.40. The summed E-state index contributed by atoms with van der Waals surface area (Å²) in [6.45, 7) is 50.1. The fourth-order valence-corrected chi connectivity index (χ4v) is 16.8. The van der Waals surface area contributed by atoms with Gasteiger partial charge >= 0.3 is 0 Å². The minimum absolute atomic E-state index is 0.0410. The van der Waals surface area contributed by atoms with E-state index in [1.54, 1.807) is 0 Å². The maximum absolute atomic E-state index is 5.33. The molecule has 0 aliphatic carbocycles. The van der Waals surface area contributed by atoms with Gasteiger partial charge in [0, 0.05) is 16.3 Å². The molecule has 0 atom stereocenters. The van der Waals surface area contributed by atoms with Crippen LogP contribution in [0.4, 0.5) is 0 Å². The van der Waals surface area contributed by atoms with Crippen molar-refractivity contribution in [3.05, 3.63) is 148 Å². The number of fused-ring (bicyclic) bond motifs is 2. The summed E-state index contributed by atoms with van der Waals surface area (Å²) >= 11 is 2.01. The number of aromatic nitrogens is 1. The van der Waals surface area contributed by atoms with Crippen molar-refractivity contribution in [3.8, 4) is 11.3 Å². The number of hydrogen-bond donors (Lipinski definition) is 0. The first-order chi connectivity index (χ1) is 30.1. The SMILES string of the molecule is CC(C)(C)c1cc(C(C)(C)C)cc([Si](c2cc(C(C)(C)C)cc(C(C)(C)C)c2)(c2cc(C(C)(C)C)cc(C(C)(C)C)c2)c2cc3ccnc(-c4cc(C(C)(C)C)c5ccccc5c4)c3s2)c1. The second-order valence-electron chi connectivity index (χ2n) is 26.8. The molecule has 2 heterocycles. The van der Waals surface area contributed by atoms with Gasteiger partial charge in [-0.3, -0.25) is 4.98 Å². The summed E-state index contributed by atoms with van der Waals surface area (Å²) in [5, 5.41) is 8.21. The van der Waals surface area contributed by atoms with Crippen molar-refractivity contribution in [1.29, 1.82) is 0 Å². The fraction of sp³-hybridized carbons (Fsp3) is 0.444. The van der Waals surface area contributed by atoms with Crippen LogP contribution in [0.25, 0.3) is 32.1 Å². The summed E-state index contributed by atoms with van der Waals surface area (Å²) in [5.74, 6) is 0. The summed E-state index contributed by atoms with van der Waals surface area (Å²) in [6, 6.07) is 42.0. The van der Waals surface area contributed by atoms with Crippen molar-refractivity contribution in [2.24, 2.45) is 0 Å². The quantitative estimate of drug-likeness (QED) is 0.124. The molecule has 0 N–H and O–H groups in total. The van der Waals surface area contributed by atoms with Crippen LogP contribution in [0, 0.1) is 0 Å². The highest BCUT2D eigenvalue weighted by atomic mass is 32.1. The Morgan fingerprint density at radius 1 is 0.379 bits per heavy atom. The lowest BCUT2D eigenvalue weighted by molar-refractivity contribution is 0.569. The molecule has 0 saturated heterocycles. The van der Waals surface area contributed by atoms with Crippen LogP contribution in [0.3, 0.4) is 0 Å². The van der Waals surface area contributed by atoms with E-state index in [0.717, 1.165) is 5.69 Å². The van der Waals surface area contributed by atoms with E-state index in [4.69, 9.17) is 4.98 Å². The zero-order valence-electron chi connectivity index (χ0n) is 44.7. The first-order valence-electron chi connectivity index (χ1n) is 24.5. The van der Waals surface area contributed by atoms with Crippen LogP contribution in [0.5, 0.6) is 0 Å². The van der Waals surface area contributed by atoms with E-state index in [0.29, 0.717) is 0 Å². The van der Waals surface area contributed by atoms with Gasteiger partial charge in [0.2, 0.25) is 0 Å². The van der Waals surface area contributed by atoms with Gasteiger partial charge in [-0.25, -0.2) is 0 Å². The number of benzene rings is 5. The Morgan fingerprint density at radius 2 is 0.758 bits per heavy atom. The van der Waals surface area contributed by atoms with Crippen LogP contribution in [0.1, 0.15) is 184 Å². The molecule has 3 heteroatoms. The average molecular weight is 913 g/mol. The molecule has 7 rings (SSSR count). The van der Waals surface area contributed by atoms with E-state index in [2.05, 4.69) is 255 Å². The van der Waals surface area contributed by atoms with Gasteiger partial charge in [0.05, 0.1) is 10.4 Å². The van der Waals surface area contributed by atoms with E-state index in [9.17, 15) is 0 Å². The van der Waals surface area contributed by atoms with Crippen molar-refractivity contribution < 1.29 is 0 Å². The Labute approximate surface area is 405 Å². The number of nitrogens with zero attached hydrogens (tertiary/aromatic N) is 1. The van der Waals surface area contributed by atoms with Gasteiger partial charge in [-0.05, 0) is 133 Å². The third-order valence-electron chi connectivity index (χ3n) is 14.0. The zero-order chi connectivity index (χ0) is 49.0. The molecule has 0 spiro atoms. The Kier molecular flexibility index (Phi) is 12.3. The first-order valence-corrected chi connectivity index (χ1v) is 27.3. The van der Waals surface area contributed by atoms with Crippen molar-refractivity contribution in [2.75, 3.05) is 0 Å². The second-order valence-corrected chi connectivity index (χ2v) is 32.0. The largest absolute Gasteiger partial charge is 0.255 e. The van der Waals surface area contributed by atoms with Gasteiger partial charge < -0.3 is 0 Å². The van der Waals surface area contributed by atoms with Gasteiger partial charge in [-0.1, -0.05) is 224 Å². The molecule has 2 aromatic heterocycles. The Bertz CT molecular complexity index is 2660. The molecule has 0 amide bonds. The fourth-order valence-electron chi connectivity index (χ4n) is 9.48. The molecule has 348 valence electrons. The molecule has 1 nitrogen and oxygen atoms in total. The van der Waals surface area contributed by atoms with E-state index in [-0.39, 0.29) is 37.9 Å². The normalized spacial score (nSPS) is 13.8. The molecule has 0 saturated carbocycles. The number of pyridine rings is 1. The van der Waals surface area contributed by atoms with Gasteiger partial charge in [0.1, 0.15) is 0 Å². The van der Waals surface area contributed by atoms with Crippen LogP contribution < -0.4 is 20.1 Å². The van der Waals surface area contributed by atoms with E-state index < -0.39 is 8.07 Å². The molecule has 0 radical (unpaired) electrons. The van der Waals surface area contributed by atoms with Crippen LogP contribution in [0.15, 0.2) is 109 Å². The zero-order valence-corrected chi connectivity index (χ0v) is 46.6. The average Bonchev–Trinajstić information content (AvgIpc) is 3.63. The van der Waals surface area contributed by atoms with E-state index in [1.807, 2.05) is 11.3 Å². The van der Waals surface area contributed by atoms with Gasteiger partial charge in [0.25, 0.3) is 0 Å². The van der Waals surface area contributed by atoms with E-state index in [1.165, 1.54) is 85.4 Å². The maximum Gasteiger partial charge on any atom is 0.191 e. The molecule has 0 bridgehead atoms. The molecule has 0 aliphatic rings. The summed E-state index contributed by atoms with van der Waals surface area (Å²) in [7, 11) is -3.26. The predicted octanol–water partition coefficient (Wildman–Crippen LogP) is 15.6. The summed E-state index contributed by atoms with van der Waals surface area (Å²) in [5.41, 5.74) is 11.5. The monoisotopic (exact) mass is 912 g/mol. The van der Waals surface area contributed by atoms with Crippen molar-refractivity contribution in [2.45, 2.75) is 183 Å². The Morgan fingerprint density at radius 3 is 1.12 bits per heavy atom. The smallest absolute Gasteiger partial charge is 0.191 e. The lowest BCUT2D eigenvalue weighted by Crippen LogP contribution is -2.74. The molecule has 0 unspecified atom stereocenters. The molecule has 7 aromatic rings. The molecule has 5 aromatic carbocycles. The lowest BCUT2D eigenvalue weighted by atomic mass is 9.80. The second kappa shape index (κ2) is 16.4. The predicted molar refractivity (Wildman–Crippen MR) is 297 cm³/mol. The third kappa shape index (κ3) is 9.55. The van der Waals surface area contributed by atoms with Crippen LogP contribution in [0.2, 0.25) is 0 Å². The van der Waals surface area contributed by atoms with Gasteiger partial charge in [0.15, 0.2) is 8.07 Å². The van der Waals surface area contributed by atoms with E-state index >= 15 is 0 Å². The van der Waals surface area contributed by atoms with Gasteiger partial charge in [-0.2, -0.15) is 0 Å². The summed E-state index contributed by atoms with van der Waals surface area (Å²) in [6.07, 6.45) is 2.05. The van der Waals surface area contributed by atoms with Crippen molar-refractivity contribution >= 4 is 60.3 Å². The van der Waals surface area contributed by atoms with Gasteiger partial charge in [-0.15, -0.1) is 11.3 Å². The molecular weight excluding hydrogens is 831 g/mol. The minimum atomic E-state index is -3.26. The third-order valence-corrected chi connectivity index (χ3v) is 20.6. The number of hydrogen-bond acceptors (Lipinski definition) is 2. The maximum atomic E-state index is 5.33. The molecular formula is C63H81NSSi. The molecule has 0 aliphatic heterocycles. The Balaban J connectivity index is 1.78. The first kappa shape index (κ1) is 49.6. The van der Waals surface area contributed by atoms with Crippen LogP contribution in [-0.4, -0.2) is 13.1 Å². The summed E-state index contributed by atoms with van der Waals surface area (Å²) in [4.78, 5) is 5.33. The van der Waals surface area contributed by atoms with Crippen molar-refractivity contribution in [1.82, 2.24) is 4.98 Å². The van der Waals surface area contributed by atoms with Crippen molar-refractivity contribution in [3.63, 3.8) is 0 Å². The molecule has 0 fully saturated rings. The topological polar surface area (TPSA) is 12.9 Å². The van der Waals surface area contributed by atoms with Crippen LogP contribution in [-0.2, 0) is 37.9 Å². The lowest BCUT2D eigenvalue weighted by Gasteiger charge is -2.39. The minimum Gasteiger partial charge on any atom is -0.255 e. The number of rotatable bonds is 5.